The third kappa shape index (κ3) is 4.04. The summed E-state index contributed by atoms with van der Waals surface area (Å²) in [5.41, 5.74) is 0. The average molecular weight is 113 g/mol. The van der Waals surface area contributed by atoms with E-state index in [0.29, 0.717) is 0 Å². The van der Waals surface area contributed by atoms with Crippen LogP contribution in [0.15, 0.2) is 0 Å². The van der Waals surface area contributed by atoms with Gasteiger partial charge < -0.3 is 0 Å². The maximum atomic E-state index is 3.79. The van der Waals surface area contributed by atoms with Crippen molar-refractivity contribution in [2.45, 2.75) is 39.5 Å². The van der Waals surface area contributed by atoms with Crippen LogP contribution in [0.4, 0.5) is 0 Å². The van der Waals surface area contributed by atoms with Crippen LogP contribution in [-0.4, -0.2) is 0 Å². The molecule has 0 aromatic rings. The van der Waals surface area contributed by atoms with Gasteiger partial charge in [0, 0.05) is 0 Å². The first-order valence-electron chi connectivity index (χ1n) is 3.60. The Bertz CT molecular complexity index is 39.3. The van der Waals surface area contributed by atoms with E-state index in [0.717, 1.165) is 12.3 Å². The summed E-state index contributed by atoms with van der Waals surface area (Å²) in [5, 5.41) is 0. The predicted octanol–water partition coefficient (Wildman–Crippen LogP) is 3.04. The van der Waals surface area contributed by atoms with Crippen LogP contribution in [0.1, 0.15) is 39.5 Å². The summed E-state index contributed by atoms with van der Waals surface area (Å²) in [6.07, 6.45) is 5.08. The lowest BCUT2D eigenvalue weighted by molar-refractivity contribution is 0.498. The summed E-state index contributed by atoms with van der Waals surface area (Å²) in [6, 6.07) is 0. The Hall–Kier alpha value is -0.130. The fraction of sp³-hybridized carbons (Fsp3) is 0.875. The molecule has 0 saturated carbocycles. The number of hydrogen-bond donors (Lipinski definition) is 0. The van der Waals surface area contributed by atoms with E-state index in [1.165, 1.54) is 19.3 Å². The molecule has 1 atom stereocenters. The van der Waals surface area contributed by atoms with Crippen molar-refractivity contribution >= 4 is 0 Å². The molecule has 0 heterocycles. The highest BCUT2D eigenvalue weighted by molar-refractivity contribution is 4.50. The second-order valence-corrected chi connectivity index (χ2v) is 2.51. The van der Waals surface area contributed by atoms with Gasteiger partial charge in [0.25, 0.3) is 0 Å². The minimum absolute atomic E-state index is 0.914. The zero-order valence-electron chi connectivity index (χ0n) is 6.11. The van der Waals surface area contributed by atoms with E-state index < -0.39 is 0 Å². The lowest BCUT2D eigenvalue weighted by atomic mass is 10.0. The monoisotopic (exact) mass is 113 g/mol. The quantitative estimate of drug-likeness (QED) is 0.491. The third-order valence-electron chi connectivity index (χ3n) is 1.64. The Labute approximate surface area is 53.3 Å². The molecular formula is C8H17+. The summed E-state index contributed by atoms with van der Waals surface area (Å²) < 4.78 is 0. The number of unbranched alkanes of at least 4 members (excludes halogenated alkanes) is 1. The van der Waals surface area contributed by atoms with E-state index in [9.17, 15) is 0 Å². The van der Waals surface area contributed by atoms with Gasteiger partial charge in [0.1, 0.15) is 0 Å². The SMILES string of the molecule is [CH2+]CCCC(C)CC. The van der Waals surface area contributed by atoms with Crippen LogP contribution in [0.3, 0.4) is 0 Å². The van der Waals surface area contributed by atoms with E-state index in [1.807, 2.05) is 0 Å². The molecule has 0 bridgehead atoms. The van der Waals surface area contributed by atoms with Gasteiger partial charge in [0.05, 0.1) is 13.3 Å². The van der Waals surface area contributed by atoms with Gasteiger partial charge in [0.15, 0.2) is 0 Å². The van der Waals surface area contributed by atoms with Gasteiger partial charge in [-0.05, 0) is 18.8 Å². The van der Waals surface area contributed by atoms with E-state index in [4.69, 9.17) is 0 Å². The van der Waals surface area contributed by atoms with Crippen molar-refractivity contribution in [3.8, 4) is 0 Å². The highest BCUT2D eigenvalue weighted by Crippen LogP contribution is 2.09. The van der Waals surface area contributed by atoms with E-state index in [-0.39, 0.29) is 0 Å². The summed E-state index contributed by atoms with van der Waals surface area (Å²) in [6.45, 7) is 8.34. The minimum atomic E-state index is 0.914. The molecule has 0 amide bonds. The number of rotatable bonds is 4. The molecule has 0 aliphatic heterocycles. The summed E-state index contributed by atoms with van der Waals surface area (Å²) >= 11 is 0. The molecule has 8 heavy (non-hydrogen) atoms. The van der Waals surface area contributed by atoms with Crippen molar-refractivity contribution in [3.05, 3.63) is 6.92 Å². The molecule has 48 valence electrons. The van der Waals surface area contributed by atoms with E-state index in [1.54, 1.807) is 0 Å². The van der Waals surface area contributed by atoms with Crippen molar-refractivity contribution in [2.75, 3.05) is 0 Å². The van der Waals surface area contributed by atoms with Crippen molar-refractivity contribution in [1.29, 1.82) is 0 Å². The molecule has 0 heteroatoms. The third-order valence-corrected chi connectivity index (χ3v) is 1.64. The summed E-state index contributed by atoms with van der Waals surface area (Å²) in [5.74, 6) is 0.914. The van der Waals surface area contributed by atoms with Crippen LogP contribution in [0.5, 0.6) is 0 Å². The Morgan fingerprint density at radius 2 is 2.12 bits per heavy atom. The molecule has 0 aromatic carbocycles. The van der Waals surface area contributed by atoms with Gasteiger partial charge >= 0.3 is 0 Å². The predicted molar refractivity (Wildman–Crippen MR) is 38.7 cm³/mol. The zero-order valence-corrected chi connectivity index (χ0v) is 6.11. The number of hydrogen-bond acceptors (Lipinski definition) is 0. The van der Waals surface area contributed by atoms with Crippen LogP contribution < -0.4 is 0 Å². The molecule has 0 fully saturated rings. The van der Waals surface area contributed by atoms with E-state index in [2.05, 4.69) is 20.8 Å². The fourth-order valence-electron chi connectivity index (χ4n) is 0.697. The van der Waals surface area contributed by atoms with Crippen LogP contribution in [0, 0.1) is 12.8 Å². The van der Waals surface area contributed by atoms with Crippen molar-refractivity contribution < 1.29 is 0 Å². The Kier molecular flexibility index (Phi) is 4.93. The molecule has 0 nitrogen and oxygen atoms in total. The van der Waals surface area contributed by atoms with Crippen molar-refractivity contribution in [3.63, 3.8) is 0 Å². The first-order valence-corrected chi connectivity index (χ1v) is 3.60. The minimum Gasteiger partial charge on any atom is -0.0651 e. The maximum Gasteiger partial charge on any atom is 0.0850 e. The molecule has 0 rings (SSSR count). The molecule has 0 aliphatic carbocycles. The van der Waals surface area contributed by atoms with Crippen LogP contribution in [0.2, 0.25) is 0 Å². The van der Waals surface area contributed by atoms with Crippen molar-refractivity contribution in [1.82, 2.24) is 0 Å². The fourth-order valence-corrected chi connectivity index (χ4v) is 0.697. The highest BCUT2D eigenvalue weighted by atomic mass is 14.0. The lowest BCUT2D eigenvalue weighted by Gasteiger charge is -2.03. The topological polar surface area (TPSA) is 0 Å². The van der Waals surface area contributed by atoms with Gasteiger partial charge in [-0.1, -0.05) is 20.3 Å². The van der Waals surface area contributed by atoms with Crippen molar-refractivity contribution in [2.24, 2.45) is 5.92 Å². The van der Waals surface area contributed by atoms with Gasteiger partial charge in [-0.15, -0.1) is 0 Å². The Balaban J connectivity index is 2.86. The van der Waals surface area contributed by atoms with Gasteiger partial charge in [0.2, 0.25) is 0 Å². The molecule has 0 N–H and O–H groups in total. The van der Waals surface area contributed by atoms with Gasteiger partial charge in [-0.3, -0.25) is 0 Å². The van der Waals surface area contributed by atoms with Gasteiger partial charge in [-0.2, -0.15) is 0 Å². The highest BCUT2D eigenvalue weighted by Gasteiger charge is 1.96. The molecule has 0 aliphatic rings. The molecule has 0 radical (unpaired) electrons. The Morgan fingerprint density at radius 3 is 2.50 bits per heavy atom. The molecular weight excluding hydrogens is 96.1 g/mol. The van der Waals surface area contributed by atoms with Gasteiger partial charge in [-0.25, -0.2) is 0 Å². The lowest BCUT2D eigenvalue weighted by Crippen LogP contribution is -1.89. The molecule has 1 unspecified atom stereocenters. The standard InChI is InChI=1S/C8H17/c1-4-6-7-8(3)5-2/h8H,1,4-7H2,2-3H3/q+1. The van der Waals surface area contributed by atoms with E-state index >= 15 is 0 Å². The maximum absolute atomic E-state index is 3.79. The first kappa shape index (κ1) is 7.87. The normalized spacial score (nSPS) is 13.8. The zero-order chi connectivity index (χ0) is 6.41. The summed E-state index contributed by atoms with van der Waals surface area (Å²) in [7, 11) is 0. The summed E-state index contributed by atoms with van der Waals surface area (Å²) in [4.78, 5) is 0. The largest absolute Gasteiger partial charge is 0.0850 e. The van der Waals surface area contributed by atoms with Crippen LogP contribution in [0.25, 0.3) is 0 Å². The van der Waals surface area contributed by atoms with Crippen LogP contribution >= 0.6 is 0 Å². The average Bonchev–Trinajstić information content (AvgIpc) is 1.83. The molecule has 0 saturated heterocycles. The molecule has 0 spiro atoms. The molecule has 0 aromatic heterocycles. The smallest absolute Gasteiger partial charge is 0.0651 e. The first-order chi connectivity index (χ1) is 3.81. The Morgan fingerprint density at radius 1 is 1.50 bits per heavy atom. The van der Waals surface area contributed by atoms with Crippen LogP contribution in [-0.2, 0) is 0 Å². The second-order valence-electron chi connectivity index (χ2n) is 2.51. The second kappa shape index (κ2) is 5.02.